The number of rotatable bonds is 4. The first kappa shape index (κ1) is 14.0. The quantitative estimate of drug-likeness (QED) is 0.770. The topological polar surface area (TPSA) is 35.5 Å². The highest BCUT2D eigenvalue weighted by molar-refractivity contribution is 5.84. The molecule has 0 aromatic carbocycles. The van der Waals surface area contributed by atoms with Gasteiger partial charge in [0.25, 0.3) is 0 Å². The molecule has 0 amide bonds. The van der Waals surface area contributed by atoms with Crippen LogP contribution in [-0.2, 0) is 14.3 Å². The molecule has 3 nitrogen and oxygen atoms in total. The SMILES string of the molecule is CCCC(=O)C(C)(C)C1CCOC2(CCCC2)O1. The fourth-order valence-corrected chi connectivity index (χ4v) is 3.12. The average Bonchev–Trinajstić information content (AvgIpc) is 2.77. The second-order valence-electron chi connectivity index (χ2n) is 6.26. The van der Waals surface area contributed by atoms with E-state index in [2.05, 4.69) is 6.92 Å². The molecule has 18 heavy (non-hydrogen) atoms. The smallest absolute Gasteiger partial charge is 0.168 e. The molecule has 1 spiro atoms. The van der Waals surface area contributed by atoms with E-state index in [-0.39, 0.29) is 17.3 Å². The Morgan fingerprint density at radius 1 is 1.33 bits per heavy atom. The maximum Gasteiger partial charge on any atom is 0.168 e. The lowest BCUT2D eigenvalue weighted by atomic mass is 9.78. The van der Waals surface area contributed by atoms with Crippen molar-refractivity contribution in [2.24, 2.45) is 5.41 Å². The fourth-order valence-electron chi connectivity index (χ4n) is 3.12. The Bertz CT molecular complexity index is 303. The van der Waals surface area contributed by atoms with Gasteiger partial charge in [-0.25, -0.2) is 0 Å². The van der Waals surface area contributed by atoms with Crippen molar-refractivity contribution in [1.29, 1.82) is 0 Å². The monoisotopic (exact) mass is 254 g/mol. The second kappa shape index (κ2) is 5.30. The molecule has 1 heterocycles. The summed E-state index contributed by atoms with van der Waals surface area (Å²) in [6.07, 6.45) is 6.75. The predicted molar refractivity (Wildman–Crippen MR) is 70.3 cm³/mol. The van der Waals surface area contributed by atoms with Crippen LogP contribution in [0.4, 0.5) is 0 Å². The van der Waals surface area contributed by atoms with Crippen molar-refractivity contribution in [3.8, 4) is 0 Å². The van der Waals surface area contributed by atoms with Gasteiger partial charge in [-0.3, -0.25) is 4.79 Å². The first-order valence-electron chi connectivity index (χ1n) is 7.35. The summed E-state index contributed by atoms with van der Waals surface area (Å²) < 4.78 is 12.1. The lowest BCUT2D eigenvalue weighted by Gasteiger charge is -2.44. The first-order chi connectivity index (χ1) is 8.50. The van der Waals surface area contributed by atoms with Gasteiger partial charge in [0.1, 0.15) is 5.78 Å². The highest BCUT2D eigenvalue weighted by Gasteiger charge is 2.47. The Labute approximate surface area is 110 Å². The van der Waals surface area contributed by atoms with E-state index in [1.54, 1.807) is 0 Å². The molecule has 1 saturated heterocycles. The number of Topliss-reactive ketones (excluding diaryl/α,β-unsaturated/α-hetero) is 1. The Kier molecular flexibility index (Phi) is 4.12. The van der Waals surface area contributed by atoms with Crippen LogP contribution in [0.15, 0.2) is 0 Å². The molecule has 2 rings (SSSR count). The maximum absolute atomic E-state index is 12.2. The van der Waals surface area contributed by atoms with Crippen LogP contribution in [0.3, 0.4) is 0 Å². The van der Waals surface area contributed by atoms with Gasteiger partial charge in [0.05, 0.1) is 12.7 Å². The minimum absolute atomic E-state index is 0.0170. The zero-order valence-electron chi connectivity index (χ0n) is 12.0. The number of carbonyl (C=O) groups is 1. The minimum Gasteiger partial charge on any atom is -0.350 e. The summed E-state index contributed by atoms with van der Waals surface area (Å²) in [6.45, 7) is 6.85. The van der Waals surface area contributed by atoms with Crippen LogP contribution in [0.1, 0.15) is 65.7 Å². The largest absolute Gasteiger partial charge is 0.350 e. The van der Waals surface area contributed by atoms with Gasteiger partial charge in [0.15, 0.2) is 5.79 Å². The summed E-state index contributed by atoms with van der Waals surface area (Å²) in [7, 11) is 0. The van der Waals surface area contributed by atoms with Crippen LogP contribution in [0.2, 0.25) is 0 Å². The van der Waals surface area contributed by atoms with Crippen LogP contribution >= 0.6 is 0 Å². The van der Waals surface area contributed by atoms with E-state index < -0.39 is 0 Å². The second-order valence-corrected chi connectivity index (χ2v) is 6.26. The van der Waals surface area contributed by atoms with Gasteiger partial charge in [0, 0.05) is 24.7 Å². The van der Waals surface area contributed by atoms with Gasteiger partial charge in [0.2, 0.25) is 0 Å². The van der Waals surface area contributed by atoms with Crippen molar-refractivity contribution < 1.29 is 14.3 Å². The summed E-state index contributed by atoms with van der Waals surface area (Å²) in [5.41, 5.74) is -0.380. The number of carbonyl (C=O) groups excluding carboxylic acids is 1. The summed E-state index contributed by atoms with van der Waals surface area (Å²) in [6, 6.07) is 0. The molecule has 104 valence electrons. The van der Waals surface area contributed by atoms with Crippen LogP contribution in [0.25, 0.3) is 0 Å². The fraction of sp³-hybridized carbons (Fsp3) is 0.933. The number of hydrogen-bond donors (Lipinski definition) is 0. The van der Waals surface area contributed by atoms with Crippen molar-refractivity contribution in [3.63, 3.8) is 0 Å². The van der Waals surface area contributed by atoms with Crippen LogP contribution in [0.5, 0.6) is 0 Å². The molecule has 2 aliphatic rings. The number of hydrogen-bond acceptors (Lipinski definition) is 3. The molecule has 1 unspecified atom stereocenters. The zero-order chi connectivity index (χ0) is 13.2. The Balaban J connectivity index is 2.05. The van der Waals surface area contributed by atoms with Crippen LogP contribution < -0.4 is 0 Å². The average molecular weight is 254 g/mol. The van der Waals surface area contributed by atoms with Crippen LogP contribution in [-0.4, -0.2) is 24.3 Å². The molecule has 0 aromatic heterocycles. The number of ketones is 1. The normalized spacial score (nSPS) is 27.6. The molecule has 0 aromatic rings. The first-order valence-corrected chi connectivity index (χ1v) is 7.35. The molecule has 0 N–H and O–H groups in total. The van der Waals surface area contributed by atoms with Crippen molar-refractivity contribution in [2.75, 3.05) is 6.61 Å². The molecule has 3 heteroatoms. The van der Waals surface area contributed by atoms with Gasteiger partial charge >= 0.3 is 0 Å². The van der Waals surface area contributed by atoms with Gasteiger partial charge < -0.3 is 9.47 Å². The molecule has 1 aliphatic heterocycles. The Morgan fingerprint density at radius 3 is 2.61 bits per heavy atom. The van der Waals surface area contributed by atoms with Gasteiger partial charge in [-0.1, -0.05) is 20.8 Å². The summed E-state index contributed by atoms with van der Waals surface area (Å²) in [5.74, 6) is -0.0443. The van der Waals surface area contributed by atoms with Gasteiger partial charge in [-0.15, -0.1) is 0 Å². The van der Waals surface area contributed by atoms with E-state index >= 15 is 0 Å². The lowest BCUT2D eigenvalue weighted by Crippen LogP contribution is -2.50. The van der Waals surface area contributed by atoms with Crippen molar-refractivity contribution in [1.82, 2.24) is 0 Å². The van der Waals surface area contributed by atoms with E-state index in [0.29, 0.717) is 12.2 Å². The van der Waals surface area contributed by atoms with Crippen molar-refractivity contribution in [2.45, 2.75) is 77.6 Å². The molecular weight excluding hydrogens is 228 g/mol. The molecular formula is C15H26O3. The zero-order valence-corrected chi connectivity index (χ0v) is 12.0. The Morgan fingerprint density at radius 2 is 2.00 bits per heavy atom. The molecule has 0 bridgehead atoms. The molecule has 1 aliphatic carbocycles. The summed E-state index contributed by atoms with van der Waals surface area (Å²) in [5, 5.41) is 0. The third-order valence-corrected chi connectivity index (χ3v) is 4.47. The van der Waals surface area contributed by atoms with E-state index in [1.807, 2.05) is 13.8 Å². The van der Waals surface area contributed by atoms with Gasteiger partial charge in [-0.2, -0.15) is 0 Å². The van der Waals surface area contributed by atoms with Crippen molar-refractivity contribution in [3.05, 3.63) is 0 Å². The minimum atomic E-state index is -0.380. The lowest BCUT2D eigenvalue weighted by molar-refractivity contribution is -0.303. The van der Waals surface area contributed by atoms with Crippen molar-refractivity contribution >= 4 is 5.78 Å². The molecule has 0 radical (unpaired) electrons. The van der Waals surface area contributed by atoms with E-state index in [4.69, 9.17) is 9.47 Å². The summed E-state index contributed by atoms with van der Waals surface area (Å²) >= 11 is 0. The van der Waals surface area contributed by atoms with E-state index in [9.17, 15) is 4.79 Å². The van der Waals surface area contributed by atoms with Crippen LogP contribution in [0, 0.1) is 5.41 Å². The third-order valence-electron chi connectivity index (χ3n) is 4.47. The molecule has 1 atom stereocenters. The summed E-state index contributed by atoms with van der Waals surface area (Å²) in [4.78, 5) is 12.2. The molecule has 2 fully saturated rings. The van der Waals surface area contributed by atoms with E-state index in [0.717, 1.165) is 32.3 Å². The highest BCUT2D eigenvalue weighted by atomic mass is 16.7. The number of ether oxygens (including phenoxy) is 2. The predicted octanol–water partition coefficient (Wildman–Crippen LogP) is 3.46. The van der Waals surface area contributed by atoms with E-state index in [1.165, 1.54) is 12.8 Å². The standard InChI is InChI=1S/C15H26O3/c1-4-7-12(16)14(2,3)13-8-11-17-15(18-13)9-5-6-10-15/h13H,4-11H2,1-3H3. The molecule has 1 saturated carbocycles. The highest BCUT2D eigenvalue weighted by Crippen LogP contribution is 2.42. The Hall–Kier alpha value is -0.410. The van der Waals surface area contributed by atoms with Gasteiger partial charge in [-0.05, 0) is 25.7 Å². The third kappa shape index (κ3) is 2.62. The maximum atomic E-state index is 12.2.